The third-order valence-corrected chi connectivity index (χ3v) is 4.52. The summed E-state index contributed by atoms with van der Waals surface area (Å²) in [4.78, 5) is 59.6. The molecule has 0 spiro atoms. The average molecular weight is 423 g/mol. The Labute approximate surface area is 180 Å². The molecular formula is C21H22BN3O6. The van der Waals surface area contributed by atoms with Crippen molar-refractivity contribution >= 4 is 53.7 Å². The highest BCUT2D eigenvalue weighted by Gasteiger charge is 2.30. The average Bonchev–Trinajstić information content (AvgIpc) is 2.70. The molecule has 9 nitrogen and oxygen atoms in total. The molecule has 4 N–H and O–H groups in total. The Balaban J connectivity index is 2.10. The van der Waals surface area contributed by atoms with Crippen molar-refractivity contribution in [2.24, 2.45) is 5.92 Å². The maximum Gasteiger partial charge on any atom is 0.313 e. The number of amides is 3. The summed E-state index contributed by atoms with van der Waals surface area (Å²) in [6.45, 7) is 3.23. The molecule has 0 heterocycles. The molecule has 0 unspecified atom stereocenters. The molecule has 10 heteroatoms. The lowest BCUT2D eigenvalue weighted by molar-refractivity contribution is -0.140. The second-order valence-corrected chi connectivity index (χ2v) is 7.24. The number of hydrogen-bond donors (Lipinski definition) is 4. The molecule has 2 rings (SSSR count). The van der Waals surface area contributed by atoms with Crippen molar-refractivity contribution in [3.63, 3.8) is 0 Å². The molecular weight excluding hydrogens is 401 g/mol. The normalized spacial score (nSPS) is 12.6. The van der Waals surface area contributed by atoms with E-state index in [1.165, 1.54) is 0 Å². The largest absolute Gasteiger partial charge is 0.481 e. The van der Waals surface area contributed by atoms with Crippen LogP contribution < -0.4 is 16.0 Å². The van der Waals surface area contributed by atoms with Gasteiger partial charge in [0.25, 0.3) is 0 Å². The Morgan fingerprint density at radius 3 is 2.19 bits per heavy atom. The van der Waals surface area contributed by atoms with Crippen molar-refractivity contribution in [2.75, 3.05) is 5.32 Å². The maximum atomic E-state index is 12.5. The zero-order chi connectivity index (χ0) is 23.1. The summed E-state index contributed by atoms with van der Waals surface area (Å²) in [5.41, 5.74) is -0.600. The number of carbonyl (C=O) groups is 5. The highest BCUT2D eigenvalue weighted by molar-refractivity contribution is 6.59. The van der Waals surface area contributed by atoms with Crippen LogP contribution in [0.25, 0.3) is 10.8 Å². The predicted octanol–water partition coefficient (Wildman–Crippen LogP) is 0.574. The summed E-state index contributed by atoms with van der Waals surface area (Å²) >= 11 is 0. The quantitative estimate of drug-likeness (QED) is 0.361. The van der Waals surface area contributed by atoms with E-state index < -0.39 is 53.8 Å². The minimum atomic E-state index is -1.45. The fraction of sp³-hybridized carbons (Fsp3) is 0.286. The van der Waals surface area contributed by atoms with Crippen molar-refractivity contribution in [1.29, 1.82) is 0 Å². The van der Waals surface area contributed by atoms with Crippen LogP contribution in [0.2, 0.25) is 0 Å². The van der Waals surface area contributed by atoms with Gasteiger partial charge in [-0.15, -0.1) is 0 Å². The van der Waals surface area contributed by atoms with E-state index in [9.17, 15) is 24.0 Å². The van der Waals surface area contributed by atoms with Gasteiger partial charge in [-0.1, -0.05) is 50.2 Å². The number of nitrogens with one attached hydrogen (secondary N) is 3. The molecule has 0 aromatic heterocycles. The van der Waals surface area contributed by atoms with Crippen LogP contribution in [0.15, 0.2) is 42.5 Å². The van der Waals surface area contributed by atoms with E-state index in [-0.39, 0.29) is 0 Å². The van der Waals surface area contributed by atoms with Gasteiger partial charge in [-0.05, 0) is 17.4 Å². The van der Waals surface area contributed by atoms with E-state index in [0.29, 0.717) is 5.69 Å². The Hall–Kier alpha value is -3.69. The van der Waals surface area contributed by atoms with Gasteiger partial charge in [-0.25, -0.2) is 0 Å². The van der Waals surface area contributed by atoms with Crippen molar-refractivity contribution in [1.82, 2.24) is 10.6 Å². The van der Waals surface area contributed by atoms with E-state index in [2.05, 4.69) is 16.0 Å². The minimum absolute atomic E-state index is 0.430. The molecule has 0 aliphatic rings. The molecule has 2 aromatic rings. The summed E-state index contributed by atoms with van der Waals surface area (Å²) in [7, 11) is 5.12. The number of aliphatic carboxylic acids is 1. The van der Waals surface area contributed by atoms with Crippen molar-refractivity contribution < 1.29 is 29.1 Å². The first-order valence-electron chi connectivity index (χ1n) is 9.51. The van der Waals surface area contributed by atoms with Gasteiger partial charge in [-0.2, -0.15) is 0 Å². The second-order valence-electron chi connectivity index (χ2n) is 7.24. The Bertz CT molecular complexity index is 1020. The van der Waals surface area contributed by atoms with E-state index in [1.54, 1.807) is 38.1 Å². The van der Waals surface area contributed by atoms with E-state index >= 15 is 0 Å². The van der Waals surface area contributed by atoms with Gasteiger partial charge in [0.1, 0.15) is 6.04 Å². The van der Waals surface area contributed by atoms with Gasteiger partial charge < -0.3 is 25.9 Å². The maximum absolute atomic E-state index is 12.5. The molecule has 31 heavy (non-hydrogen) atoms. The van der Waals surface area contributed by atoms with Crippen molar-refractivity contribution in [3.05, 3.63) is 42.5 Å². The van der Waals surface area contributed by atoms with Gasteiger partial charge >= 0.3 is 17.8 Å². The van der Waals surface area contributed by atoms with Crippen LogP contribution in [-0.2, 0) is 24.0 Å². The lowest BCUT2D eigenvalue weighted by atomic mass is 9.92. The van der Waals surface area contributed by atoms with E-state index in [1.807, 2.05) is 18.2 Å². The van der Waals surface area contributed by atoms with Crippen LogP contribution in [0.3, 0.4) is 0 Å². The molecule has 2 radical (unpaired) electrons. The van der Waals surface area contributed by atoms with Crippen LogP contribution in [-0.4, -0.2) is 54.4 Å². The monoisotopic (exact) mass is 423 g/mol. The predicted molar refractivity (Wildman–Crippen MR) is 114 cm³/mol. The number of carboxylic acids is 1. The van der Waals surface area contributed by atoms with Gasteiger partial charge in [0, 0.05) is 11.1 Å². The van der Waals surface area contributed by atoms with Gasteiger partial charge in [0.2, 0.25) is 5.91 Å². The first-order chi connectivity index (χ1) is 14.6. The standard InChI is InChI=1S/C21H22BN3O6/c1-11(2)17(19(29)24-15(18(22)28)10-16(26)27)25-21(31)20(30)23-14-9-5-7-12-6-3-4-8-13(12)14/h3-9,11,15,17H,10H2,1-2H3,(H,23,30)(H,24,29)(H,25,31)(H,26,27)/t15-,17-/m0/s1. The lowest BCUT2D eigenvalue weighted by Gasteiger charge is -2.24. The highest BCUT2D eigenvalue weighted by atomic mass is 16.4. The first-order valence-corrected chi connectivity index (χ1v) is 9.51. The second kappa shape index (κ2) is 10.4. The summed E-state index contributed by atoms with van der Waals surface area (Å²) in [6.07, 6.45) is -0.707. The van der Waals surface area contributed by atoms with E-state index in [4.69, 9.17) is 13.0 Å². The number of hydrogen-bond acceptors (Lipinski definition) is 5. The van der Waals surface area contributed by atoms with Crippen LogP contribution in [0.4, 0.5) is 5.69 Å². The molecule has 3 amide bonds. The molecule has 0 saturated heterocycles. The Kier molecular flexibility index (Phi) is 7.90. The zero-order valence-electron chi connectivity index (χ0n) is 17.0. The SMILES string of the molecule is [B]C(=O)[C@H](CC(=O)O)NC(=O)[C@@H](NC(=O)C(=O)Nc1cccc2ccccc12)C(C)C. The van der Waals surface area contributed by atoms with Crippen LogP contribution in [0.1, 0.15) is 20.3 Å². The lowest BCUT2D eigenvalue weighted by Crippen LogP contribution is -2.55. The summed E-state index contributed by atoms with van der Waals surface area (Å²) in [5.74, 6) is -4.66. The number of rotatable bonds is 8. The van der Waals surface area contributed by atoms with Crippen LogP contribution >= 0.6 is 0 Å². The Morgan fingerprint density at radius 1 is 0.935 bits per heavy atom. The number of carbonyl (C=O) groups excluding carboxylic acids is 4. The van der Waals surface area contributed by atoms with Crippen molar-refractivity contribution in [3.8, 4) is 0 Å². The molecule has 0 aliphatic carbocycles. The van der Waals surface area contributed by atoms with Crippen LogP contribution in [0, 0.1) is 5.92 Å². The third kappa shape index (κ3) is 6.40. The molecule has 0 bridgehead atoms. The van der Waals surface area contributed by atoms with Crippen molar-refractivity contribution in [2.45, 2.75) is 32.4 Å². The molecule has 0 aliphatic heterocycles. The van der Waals surface area contributed by atoms with Gasteiger partial charge in [-0.3, -0.25) is 19.2 Å². The van der Waals surface area contributed by atoms with Gasteiger partial charge in [0.05, 0.1) is 18.1 Å². The highest BCUT2D eigenvalue weighted by Crippen LogP contribution is 2.22. The smallest absolute Gasteiger partial charge is 0.313 e. The minimum Gasteiger partial charge on any atom is -0.481 e. The number of carboxylic acid groups (broad SMARTS) is 1. The number of benzene rings is 2. The molecule has 0 fully saturated rings. The summed E-state index contributed by atoms with van der Waals surface area (Å²) in [5, 5.41) is 17.5. The molecule has 0 saturated carbocycles. The zero-order valence-corrected chi connectivity index (χ0v) is 17.0. The topological polar surface area (TPSA) is 142 Å². The summed E-state index contributed by atoms with van der Waals surface area (Å²) < 4.78 is 0. The Morgan fingerprint density at radius 2 is 1.58 bits per heavy atom. The fourth-order valence-electron chi connectivity index (χ4n) is 2.91. The first kappa shape index (κ1) is 23.6. The van der Waals surface area contributed by atoms with E-state index in [0.717, 1.165) is 10.8 Å². The number of anilines is 1. The molecule has 2 atom stereocenters. The van der Waals surface area contributed by atoms with Gasteiger partial charge in [0.15, 0.2) is 7.85 Å². The fourth-order valence-corrected chi connectivity index (χ4v) is 2.91. The summed E-state index contributed by atoms with van der Waals surface area (Å²) in [6, 6.07) is 9.87. The van der Waals surface area contributed by atoms with Crippen LogP contribution in [0.5, 0.6) is 0 Å². The third-order valence-electron chi connectivity index (χ3n) is 4.52. The molecule has 160 valence electrons. The number of fused-ring (bicyclic) bond motifs is 1. The molecule has 2 aromatic carbocycles.